The summed E-state index contributed by atoms with van der Waals surface area (Å²) in [7, 11) is -1.67. The zero-order valence-corrected chi connectivity index (χ0v) is 17.6. The molecule has 1 saturated carbocycles. The average molecular weight is 436 g/mol. The number of aliphatic hydroxyl groups is 1. The minimum absolute atomic E-state index is 0.0681. The van der Waals surface area contributed by atoms with Crippen molar-refractivity contribution in [3.8, 4) is 0 Å². The van der Waals surface area contributed by atoms with Gasteiger partial charge in [0, 0.05) is 6.10 Å². The van der Waals surface area contributed by atoms with Gasteiger partial charge in [0.15, 0.2) is 8.32 Å². The second-order valence-corrected chi connectivity index (χ2v) is 13.8. The van der Waals surface area contributed by atoms with Crippen LogP contribution in [-0.2, 0) is 11.0 Å². The van der Waals surface area contributed by atoms with Gasteiger partial charge in [0.25, 0.3) is 0 Å². The monoisotopic (exact) mass is 436 g/mol. The van der Waals surface area contributed by atoms with Crippen LogP contribution in [0.5, 0.6) is 0 Å². The SMILES string of the molecule is CC(C)(C)[Si](C)(C)OC1CCC(n2ncc(I)c2CO)CC1. The molecule has 22 heavy (non-hydrogen) atoms. The Morgan fingerprint density at radius 1 is 1.32 bits per heavy atom. The molecule has 0 amide bonds. The van der Waals surface area contributed by atoms with Crippen LogP contribution in [-0.4, -0.2) is 29.3 Å². The van der Waals surface area contributed by atoms with E-state index in [-0.39, 0.29) is 11.6 Å². The highest BCUT2D eigenvalue weighted by molar-refractivity contribution is 14.1. The Hall–Kier alpha value is 0.0769. The Kier molecular flexibility index (Phi) is 5.78. The van der Waals surface area contributed by atoms with Crippen LogP contribution in [0.15, 0.2) is 6.20 Å². The lowest BCUT2D eigenvalue weighted by molar-refractivity contribution is 0.113. The molecule has 6 heteroatoms. The minimum Gasteiger partial charge on any atom is -0.414 e. The number of aliphatic hydroxyl groups excluding tert-OH is 1. The predicted octanol–water partition coefficient (Wildman–Crippen LogP) is 4.49. The van der Waals surface area contributed by atoms with Crippen LogP contribution in [0.2, 0.25) is 18.1 Å². The van der Waals surface area contributed by atoms with Crippen molar-refractivity contribution >= 4 is 30.9 Å². The maximum atomic E-state index is 9.53. The zero-order valence-electron chi connectivity index (χ0n) is 14.4. The number of rotatable bonds is 4. The molecular formula is C16H29IN2O2Si. The Bertz CT molecular complexity index is 503. The predicted molar refractivity (Wildman–Crippen MR) is 100 cm³/mol. The van der Waals surface area contributed by atoms with Crippen molar-refractivity contribution in [2.75, 3.05) is 0 Å². The third-order valence-electron chi connectivity index (χ3n) is 5.25. The van der Waals surface area contributed by atoms with E-state index in [1.54, 1.807) is 0 Å². The second kappa shape index (κ2) is 6.90. The van der Waals surface area contributed by atoms with Crippen LogP contribution in [0, 0.1) is 3.57 Å². The Morgan fingerprint density at radius 3 is 2.41 bits per heavy atom. The molecule has 0 aromatic carbocycles. The van der Waals surface area contributed by atoms with Crippen LogP contribution in [0.1, 0.15) is 58.2 Å². The molecule has 4 nitrogen and oxygen atoms in total. The van der Waals surface area contributed by atoms with Crippen LogP contribution in [0.4, 0.5) is 0 Å². The molecule has 0 aliphatic heterocycles. The zero-order chi connectivity index (χ0) is 16.5. The fourth-order valence-electron chi connectivity index (χ4n) is 2.83. The summed E-state index contributed by atoms with van der Waals surface area (Å²) >= 11 is 2.25. The normalized spacial score (nSPS) is 23.8. The summed E-state index contributed by atoms with van der Waals surface area (Å²) in [5.74, 6) is 0. The first-order valence-corrected chi connectivity index (χ1v) is 12.1. The van der Waals surface area contributed by atoms with Gasteiger partial charge in [-0.15, -0.1) is 0 Å². The molecule has 0 atom stereocenters. The van der Waals surface area contributed by atoms with E-state index >= 15 is 0 Å². The number of aromatic nitrogens is 2. The van der Waals surface area contributed by atoms with Gasteiger partial charge < -0.3 is 9.53 Å². The van der Waals surface area contributed by atoms with E-state index in [0.29, 0.717) is 12.1 Å². The molecule has 0 saturated heterocycles. The van der Waals surface area contributed by atoms with Gasteiger partial charge in [-0.1, -0.05) is 20.8 Å². The van der Waals surface area contributed by atoms with Crippen molar-refractivity contribution in [2.45, 2.75) is 83.3 Å². The summed E-state index contributed by atoms with van der Waals surface area (Å²) in [5, 5.41) is 14.3. The first kappa shape index (κ1) is 18.4. The summed E-state index contributed by atoms with van der Waals surface area (Å²) in [6, 6.07) is 0.407. The van der Waals surface area contributed by atoms with Gasteiger partial charge in [-0.25, -0.2) is 0 Å². The van der Waals surface area contributed by atoms with Crippen LogP contribution >= 0.6 is 22.6 Å². The van der Waals surface area contributed by atoms with Crippen molar-refractivity contribution < 1.29 is 9.53 Å². The molecule has 0 spiro atoms. The van der Waals surface area contributed by atoms with Crippen molar-refractivity contribution in [2.24, 2.45) is 0 Å². The fraction of sp³-hybridized carbons (Fsp3) is 0.812. The Morgan fingerprint density at radius 2 is 1.91 bits per heavy atom. The van der Waals surface area contributed by atoms with Crippen molar-refractivity contribution in [3.63, 3.8) is 0 Å². The van der Waals surface area contributed by atoms with E-state index in [4.69, 9.17) is 4.43 Å². The quantitative estimate of drug-likeness (QED) is 0.559. The highest BCUT2D eigenvalue weighted by atomic mass is 127. The second-order valence-electron chi connectivity index (χ2n) is 7.85. The molecule has 1 aliphatic carbocycles. The summed E-state index contributed by atoms with van der Waals surface area (Å²) in [6.07, 6.45) is 6.61. The van der Waals surface area contributed by atoms with Gasteiger partial charge in [0.2, 0.25) is 0 Å². The minimum atomic E-state index is -1.67. The van der Waals surface area contributed by atoms with Gasteiger partial charge >= 0.3 is 0 Å². The highest BCUT2D eigenvalue weighted by Gasteiger charge is 2.40. The maximum absolute atomic E-state index is 9.53. The summed E-state index contributed by atoms with van der Waals surface area (Å²) in [5.41, 5.74) is 0.953. The molecule has 1 fully saturated rings. The van der Waals surface area contributed by atoms with Crippen molar-refractivity contribution in [3.05, 3.63) is 15.5 Å². The van der Waals surface area contributed by atoms with Crippen molar-refractivity contribution in [1.82, 2.24) is 9.78 Å². The highest BCUT2D eigenvalue weighted by Crippen LogP contribution is 2.40. The summed E-state index contributed by atoms with van der Waals surface area (Å²) < 4.78 is 9.63. The fourth-order valence-corrected chi connectivity index (χ4v) is 4.80. The Labute approximate surface area is 148 Å². The molecule has 1 aliphatic rings. The molecule has 126 valence electrons. The number of halogens is 1. The molecule has 1 heterocycles. The van der Waals surface area contributed by atoms with E-state index in [1.807, 2.05) is 10.9 Å². The molecule has 2 rings (SSSR count). The summed E-state index contributed by atoms with van der Waals surface area (Å²) in [4.78, 5) is 0. The van der Waals surface area contributed by atoms with E-state index < -0.39 is 8.32 Å². The topological polar surface area (TPSA) is 47.3 Å². The molecule has 1 aromatic rings. The number of nitrogens with zero attached hydrogens (tertiary/aromatic N) is 2. The van der Waals surface area contributed by atoms with E-state index in [0.717, 1.165) is 34.9 Å². The van der Waals surface area contributed by atoms with Gasteiger partial charge in [0.1, 0.15) is 0 Å². The molecule has 1 aromatic heterocycles. The van der Waals surface area contributed by atoms with E-state index in [9.17, 15) is 5.11 Å². The van der Waals surface area contributed by atoms with Crippen molar-refractivity contribution in [1.29, 1.82) is 0 Å². The first-order valence-electron chi connectivity index (χ1n) is 8.16. The molecular weight excluding hydrogens is 407 g/mol. The largest absolute Gasteiger partial charge is 0.414 e. The lowest BCUT2D eigenvalue weighted by atomic mass is 9.93. The van der Waals surface area contributed by atoms with Crippen LogP contribution in [0.25, 0.3) is 0 Å². The molecule has 0 radical (unpaired) electrons. The average Bonchev–Trinajstić information content (AvgIpc) is 2.79. The van der Waals surface area contributed by atoms with Gasteiger partial charge in [-0.3, -0.25) is 4.68 Å². The lowest BCUT2D eigenvalue weighted by Crippen LogP contribution is -2.44. The summed E-state index contributed by atoms with van der Waals surface area (Å²) in [6.45, 7) is 11.6. The van der Waals surface area contributed by atoms with Crippen LogP contribution < -0.4 is 0 Å². The van der Waals surface area contributed by atoms with E-state index in [2.05, 4.69) is 61.6 Å². The van der Waals surface area contributed by atoms with E-state index in [1.165, 1.54) is 0 Å². The molecule has 1 N–H and O–H groups in total. The molecule has 0 unspecified atom stereocenters. The van der Waals surface area contributed by atoms with Gasteiger partial charge in [-0.05, 0) is 66.4 Å². The third-order valence-corrected chi connectivity index (χ3v) is 10.7. The Balaban J connectivity index is 1.96. The third kappa shape index (κ3) is 3.94. The maximum Gasteiger partial charge on any atom is 0.192 e. The smallest absolute Gasteiger partial charge is 0.192 e. The van der Waals surface area contributed by atoms with Gasteiger partial charge in [0.05, 0.1) is 28.1 Å². The lowest BCUT2D eigenvalue weighted by Gasteiger charge is -2.41. The first-order chi connectivity index (χ1) is 10.2. The van der Waals surface area contributed by atoms with Crippen LogP contribution in [0.3, 0.4) is 0 Å². The molecule has 0 bridgehead atoms. The number of hydrogen-bond acceptors (Lipinski definition) is 3. The van der Waals surface area contributed by atoms with Gasteiger partial charge in [-0.2, -0.15) is 5.10 Å². The number of hydrogen-bond donors (Lipinski definition) is 1. The standard InChI is InChI=1S/C16H29IN2O2Si/c1-16(2,3)22(4,5)21-13-8-6-12(7-9-13)19-15(11-20)14(17)10-18-19/h10,12-13,20H,6-9,11H2,1-5H3.